The maximum absolute atomic E-state index is 13.1. The van der Waals surface area contributed by atoms with Gasteiger partial charge in [-0.25, -0.2) is 0 Å². The van der Waals surface area contributed by atoms with Gasteiger partial charge in [0.2, 0.25) is 5.91 Å². The summed E-state index contributed by atoms with van der Waals surface area (Å²) in [4.78, 5) is 14.5. The van der Waals surface area contributed by atoms with Crippen molar-refractivity contribution in [2.45, 2.75) is 50.7 Å². The van der Waals surface area contributed by atoms with Crippen LogP contribution in [0.4, 0.5) is 24.5 Å². The molecular weight excluding hydrogens is 355 g/mol. The van der Waals surface area contributed by atoms with Gasteiger partial charge in [0, 0.05) is 19.1 Å². The zero-order valence-corrected chi connectivity index (χ0v) is 15.3. The fourth-order valence-corrected chi connectivity index (χ4v) is 4.03. The summed E-state index contributed by atoms with van der Waals surface area (Å²) in [6, 6.07) is 4.01. The van der Waals surface area contributed by atoms with E-state index in [0.29, 0.717) is 17.5 Å². The first kappa shape index (κ1) is 18.4. The van der Waals surface area contributed by atoms with Crippen molar-refractivity contribution in [3.05, 3.63) is 23.8 Å². The number of hydrogen-bond donors (Lipinski definition) is 2. The molecule has 0 spiro atoms. The van der Waals surface area contributed by atoms with E-state index in [-0.39, 0.29) is 18.5 Å². The summed E-state index contributed by atoms with van der Waals surface area (Å²) in [5, 5.41) is 6.08. The van der Waals surface area contributed by atoms with E-state index in [1.165, 1.54) is 31.7 Å². The number of amides is 1. The Hall–Kier alpha value is -1.92. The van der Waals surface area contributed by atoms with Gasteiger partial charge < -0.3 is 15.5 Å². The normalized spacial score (nSPS) is 20.2. The predicted octanol–water partition coefficient (Wildman–Crippen LogP) is 4.02. The molecular formula is C20H26F3N3O. The van der Waals surface area contributed by atoms with Crippen molar-refractivity contribution in [3.63, 3.8) is 0 Å². The monoisotopic (exact) mass is 381 g/mol. The number of anilines is 2. The topological polar surface area (TPSA) is 44.4 Å². The largest absolute Gasteiger partial charge is 0.416 e. The standard InChI is InChI=1S/C20H26F3N3O/c21-20(22,23)15-7-8-17(26-9-1-2-10-26)16(11-15)24-12-18(27)25-19(13-3-4-13)14-5-6-14/h7-8,11,13-14,19,24H,1-6,9-10,12H2,(H,25,27). The summed E-state index contributed by atoms with van der Waals surface area (Å²) in [6.07, 6.45) is 2.34. The van der Waals surface area contributed by atoms with E-state index in [0.717, 1.165) is 43.8 Å². The number of nitrogens with one attached hydrogen (secondary N) is 2. The van der Waals surface area contributed by atoms with E-state index >= 15 is 0 Å². The van der Waals surface area contributed by atoms with Crippen LogP contribution in [0.15, 0.2) is 18.2 Å². The summed E-state index contributed by atoms with van der Waals surface area (Å²) in [6.45, 7) is 1.66. The van der Waals surface area contributed by atoms with Crippen molar-refractivity contribution in [2.24, 2.45) is 11.8 Å². The lowest BCUT2D eigenvalue weighted by atomic mass is 10.1. The molecule has 27 heavy (non-hydrogen) atoms. The zero-order valence-electron chi connectivity index (χ0n) is 15.3. The Morgan fingerprint density at radius 2 is 1.74 bits per heavy atom. The molecule has 2 aliphatic carbocycles. The molecule has 1 amide bonds. The van der Waals surface area contributed by atoms with Gasteiger partial charge in [0.25, 0.3) is 0 Å². The number of nitrogens with zero attached hydrogens (tertiary/aromatic N) is 1. The van der Waals surface area contributed by atoms with Crippen LogP contribution in [0.5, 0.6) is 0 Å². The van der Waals surface area contributed by atoms with Crippen LogP contribution in [0, 0.1) is 11.8 Å². The van der Waals surface area contributed by atoms with Gasteiger partial charge in [0.1, 0.15) is 0 Å². The van der Waals surface area contributed by atoms with Crippen LogP contribution < -0.4 is 15.5 Å². The molecule has 0 radical (unpaired) electrons. The Bertz CT molecular complexity index is 680. The molecule has 0 bridgehead atoms. The van der Waals surface area contributed by atoms with Crippen LogP contribution in [0.1, 0.15) is 44.1 Å². The Morgan fingerprint density at radius 1 is 1.11 bits per heavy atom. The van der Waals surface area contributed by atoms with E-state index in [1.54, 1.807) is 0 Å². The SMILES string of the molecule is O=C(CNc1cc(C(F)(F)F)ccc1N1CCCC1)NC(C1CC1)C1CC1. The van der Waals surface area contributed by atoms with Crippen molar-refractivity contribution < 1.29 is 18.0 Å². The fourth-order valence-electron chi connectivity index (χ4n) is 4.03. The van der Waals surface area contributed by atoms with Crippen LogP contribution in [0.3, 0.4) is 0 Å². The molecule has 1 aromatic carbocycles. The number of alkyl halides is 3. The van der Waals surface area contributed by atoms with Crippen LogP contribution in [0.25, 0.3) is 0 Å². The first-order chi connectivity index (χ1) is 12.9. The summed E-state index contributed by atoms with van der Waals surface area (Å²) in [5.41, 5.74) is 0.438. The highest BCUT2D eigenvalue weighted by Gasteiger charge is 2.42. The van der Waals surface area contributed by atoms with Gasteiger partial charge in [-0.15, -0.1) is 0 Å². The average molecular weight is 381 g/mol. The highest BCUT2D eigenvalue weighted by Crippen LogP contribution is 2.44. The maximum atomic E-state index is 13.1. The molecule has 3 fully saturated rings. The van der Waals surface area contributed by atoms with E-state index in [1.807, 2.05) is 0 Å². The van der Waals surface area contributed by atoms with Gasteiger partial charge in [-0.1, -0.05) is 0 Å². The van der Waals surface area contributed by atoms with E-state index in [4.69, 9.17) is 0 Å². The van der Waals surface area contributed by atoms with Gasteiger partial charge in [0.05, 0.1) is 23.5 Å². The third kappa shape index (κ3) is 4.50. The van der Waals surface area contributed by atoms with Crippen LogP contribution in [-0.2, 0) is 11.0 Å². The van der Waals surface area contributed by atoms with Crippen molar-refractivity contribution in [1.82, 2.24) is 5.32 Å². The number of carbonyl (C=O) groups excluding carboxylic acids is 1. The Kier molecular flexibility index (Phi) is 4.95. The number of halogens is 3. The molecule has 4 nitrogen and oxygen atoms in total. The summed E-state index contributed by atoms with van der Waals surface area (Å²) >= 11 is 0. The second kappa shape index (κ2) is 7.24. The highest BCUT2D eigenvalue weighted by molar-refractivity contribution is 5.83. The molecule has 148 valence electrons. The smallest absolute Gasteiger partial charge is 0.374 e. The summed E-state index contributed by atoms with van der Waals surface area (Å²) in [7, 11) is 0. The molecule has 0 aromatic heterocycles. The van der Waals surface area contributed by atoms with Crippen molar-refractivity contribution >= 4 is 17.3 Å². The minimum atomic E-state index is -4.40. The molecule has 7 heteroatoms. The number of hydrogen-bond acceptors (Lipinski definition) is 3. The summed E-state index contributed by atoms with van der Waals surface area (Å²) < 4.78 is 39.4. The first-order valence-electron chi connectivity index (χ1n) is 9.91. The molecule has 1 saturated heterocycles. The zero-order chi connectivity index (χ0) is 19.0. The van der Waals surface area contributed by atoms with E-state index in [2.05, 4.69) is 15.5 Å². The molecule has 3 aliphatic rings. The van der Waals surface area contributed by atoms with Gasteiger partial charge in [-0.05, 0) is 68.6 Å². The molecule has 2 saturated carbocycles. The second-order valence-electron chi connectivity index (χ2n) is 8.05. The molecule has 1 heterocycles. The third-order valence-electron chi connectivity index (χ3n) is 5.80. The lowest BCUT2D eigenvalue weighted by molar-refractivity contribution is -0.137. The lowest BCUT2D eigenvalue weighted by Gasteiger charge is -2.24. The van der Waals surface area contributed by atoms with Gasteiger partial charge in [-0.3, -0.25) is 4.79 Å². The van der Waals surface area contributed by atoms with Crippen molar-refractivity contribution in [2.75, 3.05) is 29.9 Å². The Labute approximate surface area is 157 Å². The minimum Gasteiger partial charge on any atom is -0.374 e. The molecule has 2 N–H and O–H groups in total. The molecule has 1 aliphatic heterocycles. The minimum absolute atomic E-state index is 0.00189. The average Bonchev–Trinajstić information content (AvgIpc) is 3.56. The Balaban J connectivity index is 1.44. The van der Waals surface area contributed by atoms with Crippen LogP contribution in [0.2, 0.25) is 0 Å². The Morgan fingerprint density at radius 3 is 2.30 bits per heavy atom. The van der Waals surface area contributed by atoms with Crippen LogP contribution in [-0.4, -0.2) is 31.6 Å². The highest BCUT2D eigenvalue weighted by atomic mass is 19.4. The summed E-state index contributed by atoms with van der Waals surface area (Å²) in [5.74, 6) is 1.05. The molecule has 0 atom stereocenters. The maximum Gasteiger partial charge on any atom is 0.416 e. The quantitative estimate of drug-likeness (QED) is 0.750. The predicted molar refractivity (Wildman–Crippen MR) is 98.8 cm³/mol. The fraction of sp³-hybridized carbons (Fsp3) is 0.650. The van der Waals surface area contributed by atoms with Crippen LogP contribution >= 0.6 is 0 Å². The van der Waals surface area contributed by atoms with Crippen molar-refractivity contribution in [1.29, 1.82) is 0 Å². The van der Waals surface area contributed by atoms with Crippen molar-refractivity contribution in [3.8, 4) is 0 Å². The first-order valence-corrected chi connectivity index (χ1v) is 9.91. The second-order valence-corrected chi connectivity index (χ2v) is 8.05. The van der Waals surface area contributed by atoms with E-state index in [9.17, 15) is 18.0 Å². The molecule has 1 aromatic rings. The number of benzene rings is 1. The molecule has 0 unspecified atom stereocenters. The third-order valence-corrected chi connectivity index (χ3v) is 5.80. The van der Waals surface area contributed by atoms with Gasteiger partial charge in [-0.2, -0.15) is 13.2 Å². The van der Waals surface area contributed by atoms with E-state index < -0.39 is 11.7 Å². The number of carbonyl (C=O) groups is 1. The van der Waals surface area contributed by atoms with Gasteiger partial charge >= 0.3 is 6.18 Å². The number of rotatable bonds is 7. The van der Waals surface area contributed by atoms with Gasteiger partial charge in [0.15, 0.2) is 0 Å². The lowest BCUT2D eigenvalue weighted by Crippen LogP contribution is -2.41. The molecule has 4 rings (SSSR count).